The first-order valence-corrected chi connectivity index (χ1v) is 8.30. The van der Waals surface area contributed by atoms with Crippen LogP contribution in [0.25, 0.3) is 0 Å². The number of carbonyl (C=O) groups is 2. The second kappa shape index (κ2) is 8.75. The van der Waals surface area contributed by atoms with Gasteiger partial charge in [-0.05, 0) is 26.0 Å². The molecule has 0 N–H and O–H groups in total. The Morgan fingerprint density at radius 1 is 1.04 bits per heavy atom. The van der Waals surface area contributed by atoms with E-state index in [1.54, 1.807) is 11.0 Å². The fourth-order valence-electron chi connectivity index (χ4n) is 2.94. The van der Waals surface area contributed by atoms with Crippen molar-refractivity contribution in [2.75, 3.05) is 41.0 Å². The first-order valence-electron chi connectivity index (χ1n) is 8.30. The lowest BCUT2D eigenvalue weighted by Crippen LogP contribution is -2.49. The van der Waals surface area contributed by atoms with E-state index in [1.165, 1.54) is 27.4 Å². The van der Waals surface area contributed by atoms with Gasteiger partial charge in [-0.3, -0.25) is 4.79 Å². The Labute approximate surface area is 152 Å². The largest absolute Gasteiger partial charge is 0.493 e. The van der Waals surface area contributed by atoms with Crippen LogP contribution in [0.1, 0.15) is 24.2 Å². The van der Waals surface area contributed by atoms with Gasteiger partial charge in [-0.2, -0.15) is 0 Å². The number of morpholine rings is 1. The van der Waals surface area contributed by atoms with Crippen LogP contribution in [0.3, 0.4) is 0 Å². The van der Waals surface area contributed by atoms with Crippen LogP contribution in [-0.4, -0.2) is 70.0 Å². The number of ether oxygens (including phenoxy) is 5. The molecule has 1 heterocycles. The van der Waals surface area contributed by atoms with Gasteiger partial charge >= 0.3 is 5.97 Å². The lowest BCUT2D eigenvalue weighted by Gasteiger charge is -2.35. The SMILES string of the molecule is COc1ccc(C(=O)OCC(=O)N2C[C@@H](C)O[C@@H](C)C2)c(OC)c1OC. The second-order valence-electron chi connectivity index (χ2n) is 6.01. The minimum absolute atomic E-state index is 0.0515. The van der Waals surface area contributed by atoms with Crippen LogP contribution in [-0.2, 0) is 14.3 Å². The van der Waals surface area contributed by atoms with Crippen LogP contribution in [0.15, 0.2) is 12.1 Å². The minimum atomic E-state index is -0.675. The summed E-state index contributed by atoms with van der Waals surface area (Å²) in [5.74, 6) is -0.0388. The zero-order valence-corrected chi connectivity index (χ0v) is 15.7. The Kier molecular flexibility index (Phi) is 6.68. The van der Waals surface area contributed by atoms with Gasteiger partial charge in [0, 0.05) is 13.1 Å². The van der Waals surface area contributed by atoms with Crippen molar-refractivity contribution in [3.63, 3.8) is 0 Å². The van der Waals surface area contributed by atoms with Gasteiger partial charge in [0.25, 0.3) is 5.91 Å². The van der Waals surface area contributed by atoms with Crippen molar-refractivity contribution in [2.45, 2.75) is 26.1 Å². The van der Waals surface area contributed by atoms with Gasteiger partial charge in [0.05, 0.1) is 33.5 Å². The molecule has 1 aromatic rings. The minimum Gasteiger partial charge on any atom is -0.493 e. The van der Waals surface area contributed by atoms with Crippen LogP contribution in [0, 0.1) is 0 Å². The normalized spacial score (nSPS) is 19.7. The number of carbonyl (C=O) groups excluding carboxylic acids is 2. The zero-order valence-electron chi connectivity index (χ0n) is 15.7. The maximum atomic E-state index is 12.4. The summed E-state index contributed by atoms with van der Waals surface area (Å²) < 4.78 is 26.5. The molecule has 0 radical (unpaired) electrons. The van der Waals surface area contributed by atoms with Crippen molar-refractivity contribution in [1.29, 1.82) is 0 Å². The molecule has 26 heavy (non-hydrogen) atoms. The van der Waals surface area contributed by atoms with E-state index in [-0.39, 0.29) is 41.8 Å². The van der Waals surface area contributed by atoms with Crippen molar-refractivity contribution in [3.05, 3.63) is 17.7 Å². The first-order chi connectivity index (χ1) is 12.4. The highest BCUT2D eigenvalue weighted by atomic mass is 16.5. The van der Waals surface area contributed by atoms with Gasteiger partial charge in [0.15, 0.2) is 18.1 Å². The third kappa shape index (κ3) is 4.37. The van der Waals surface area contributed by atoms with Gasteiger partial charge in [-0.1, -0.05) is 0 Å². The highest BCUT2D eigenvalue weighted by Gasteiger charge is 2.27. The molecule has 1 amide bonds. The van der Waals surface area contributed by atoms with E-state index >= 15 is 0 Å². The van der Waals surface area contributed by atoms with Gasteiger partial charge < -0.3 is 28.6 Å². The van der Waals surface area contributed by atoms with E-state index in [4.69, 9.17) is 23.7 Å². The molecule has 2 rings (SSSR count). The number of rotatable bonds is 6. The van der Waals surface area contributed by atoms with Gasteiger partial charge in [0.2, 0.25) is 5.75 Å². The molecule has 0 aromatic heterocycles. The standard InChI is InChI=1S/C18H25NO7/c1-11-8-19(9-12(2)26-11)15(20)10-25-18(21)13-6-7-14(22-3)17(24-5)16(13)23-4/h6-7,11-12H,8-10H2,1-5H3/t11-,12+. The van der Waals surface area contributed by atoms with Crippen molar-refractivity contribution < 1.29 is 33.3 Å². The number of benzene rings is 1. The molecule has 0 bridgehead atoms. The maximum absolute atomic E-state index is 12.4. The van der Waals surface area contributed by atoms with E-state index < -0.39 is 5.97 Å². The summed E-state index contributed by atoms with van der Waals surface area (Å²) in [7, 11) is 4.34. The van der Waals surface area contributed by atoms with E-state index in [0.29, 0.717) is 18.8 Å². The van der Waals surface area contributed by atoms with Crippen LogP contribution >= 0.6 is 0 Å². The lowest BCUT2D eigenvalue weighted by atomic mass is 10.1. The molecule has 0 saturated carbocycles. The summed E-state index contributed by atoms with van der Waals surface area (Å²) in [6, 6.07) is 3.08. The molecule has 0 unspecified atom stereocenters. The molecule has 1 aliphatic rings. The average Bonchev–Trinajstić information content (AvgIpc) is 2.63. The van der Waals surface area contributed by atoms with E-state index in [0.717, 1.165) is 0 Å². The molecule has 0 spiro atoms. The zero-order chi connectivity index (χ0) is 19.3. The Bertz CT molecular complexity index is 651. The Balaban J connectivity index is 2.07. The summed E-state index contributed by atoms with van der Waals surface area (Å²) >= 11 is 0. The molecular weight excluding hydrogens is 342 g/mol. The smallest absolute Gasteiger partial charge is 0.342 e. The summed E-state index contributed by atoms with van der Waals surface area (Å²) in [6.45, 7) is 4.39. The molecule has 144 valence electrons. The molecule has 1 saturated heterocycles. The molecule has 0 aliphatic carbocycles. The highest BCUT2D eigenvalue weighted by Crippen LogP contribution is 2.39. The number of hydrogen-bond acceptors (Lipinski definition) is 7. The van der Waals surface area contributed by atoms with Gasteiger partial charge in [-0.25, -0.2) is 4.79 Å². The fraction of sp³-hybridized carbons (Fsp3) is 0.556. The predicted molar refractivity (Wildman–Crippen MR) is 93.0 cm³/mol. The van der Waals surface area contributed by atoms with E-state index in [2.05, 4.69) is 0 Å². The quantitative estimate of drug-likeness (QED) is 0.705. The molecule has 1 fully saturated rings. The molecule has 8 heteroatoms. The Hall–Kier alpha value is -2.48. The Morgan fingerprint density at radius 3 is 2.19 bits per heavy atom. The number of hydrogen-bond donors (Lipinski definition) is 0. The average molecular weight is 367 g/mol. The van der Waals surface area contributed by atoms with Crippen molar-refractivity contribution >= 4 is 11.9 Å². The highest BCUT2D eigenvalue weighted by molar-refractivity contribution is 5.95. The number of amides is 1. The summed E-state index contributed by atoms with van der Waals surface area (Å²) in [5.41, 5.74) is 0.154. The van der Waals surface area contributed by atoms with Crippen LogP contribution in [0.4, 0.5) is 0 Å². The summed E-state index contributed by atoms with van der Waals surface area (Å²) in [6.07, 6.45) is -0.103. The van der Waals surface area contributed by atoms with Crippen LogP contribution in [0.5, 0.6) is 17.2 Å². The Morgan fingerprint density at radius 2 is 1.65 bits per heavy atom. The van der Waals surface area contributed by atoms with Crippen LogP contribution in [0.2, 0.25) is 0 Å². The summed E-state index contributed by atoms with van der Waals surface area (Å²) in [5, 5.41) is 0. The number of methoxy groups -OCH3 is 3. The number of nitrogens with zero attached hydrogens (tertiary/aromatic N) is 1. The predicted octanol–water partition coefficient (Wildman–Crippen LogP) is 1.51. The third-order valence-corrected chi connectivity index (χ3v) is 4.02. The van der Waals surface area contributed by atoms with Crippen LogP contribution < -0.4 is 14.2 Å². The topological polar surface area (TPSA) is 83.5 Å². The van der Waals surface area contributed by atoms with Crippen molar-refractivity contribution in [1.82, 2.24) is 4.90 Å². The molecule has 1 aromatic carbocycles. The van der Waals surface area contributed by atoms with E-state index in [1.807, 2.05) is 13.8 Å². The monoisotopic (exact) mass is 367 g/mol. The van der Waals surface area contributed by atoms with E-state index in [9.17, 15) is 9.59 Å². The van der Waals surface area contributed by atoms with Crippen molar-refractivity contribution in [3.8, 4) is 17.2 Å². The summed E-state index contributed by atoms with van der Waals surface area (Å²) in [4.78, 5) is 26.4. The molecular formula is C18H25NO7. The maximum Gasteiger partial charge on any atom is 0.342 e. The van der Waals surface area contributed by atoms with Gasteiger partial charge in [0.1, 0.15) is 5.56 Å². The van der Waals surface area contributed by atoms with Crippen molar-refractivity contribution in [2.24, 2.45) is 0 Å². The second-order valence-corrected chi connectivity index (χ2v) is 6.01. The first kappa shape index (κ1) is 19.8. The van der Waals surface area contributed by atoms with Gasteiger partial charge in [-0.15, -0.1) is 0 Å². The number of esters is 1. The fourth-order valence-corrected chi connectivity index (χ4v) is 2.94. The molecule has 8 nitrogen and oxygen atoms in total. The molecule has 1 aliphatic heterocycles. The lowest BCUT2D eigenvalue weighted by molar-refractivity contribution is -0.146. The third-order valence-electron chi connectivity index (χ3n) is 4.02. The molecule has 2 atom stereocenters.